The number of carbonyl (C=O) groups is 1. The van der Waals surface area contributed by atoms with Crippen LogP contribution in [0.2, 0.25) is 0 Å². The van der Waals surface area contributed by atoms with Crippen LogP contribution < -0.4 is 5.32 Å². The van der Waals surface area contributed by atoms with Crippen molar-refractivity contribution in [3.8, 4) is 0 Å². The van der Waals surface area contributed by atoms with Crippen LogP contribution in [0.5, 0.6) is 0 Å². The van der Waals surface area contributed by atoms with E-state index >= 15 is 0 Å². The fraction of sp³-hybridized carbons (Fsp3) is 0.350. The molecule has 3 nitrogen and oxygen atoms in total. The van der Waals surface area contributed by atoms with Crippen molar-refractivity contribution in [3.05, 3.63) is 71.3 Å². The Balaban J connectivity index is 1.87. The van der Waals surface area contributed by atoms with E-state index in [0.717, 1.165) is 5.56 Å². The van der Waals surface area contributed by atoms with Gasteiger partial charge in [-0.05, 0) is 42.9 Å². The number of benzene rings is 2. The van der Waals surface area contributed by atoms with Crippen molar-refractivity contribution < 1.29 is 18.7 Å². The number of nitrogens with one attached hydrogen (secondary N) is 1. The van der Waals surface area contributed by atoms with Crippen LogP contribution in [-0.4, -0.2) is 16.9 Å². The molecular weight excluding hydrogens is 324 g/mol. The maximum absolute atomic E-state index is 15.0. The Kier molecular flexibility index (Phi) is 4.60. The van der Waals surface area contributed by atoms with E-state index in [1.54, 1.807) is 49.4 Å². The molecule has 1 amide bonds. The molecule has 0 saturated carbocycles. The summed E-state index contributed by atoms with van der Waals surface area (Å²) in [6.07, 6.45) is 0.880. The zero-order chi connectivity index (χ0) is 18.1. The molecule has 0 heterocycles. The third-order valence-corrected chi connectivity index (χ3v) is 4.90. The molecule has 2 aromatic carbocycles. The maximum Gasteiger partial charge on any atom is 0.356 e. The molecule has 0 unspecified atom stereocenters. The van der Waals surface area contributed by atoms with Gasteiger partial charge in [-0.3, -0.25) is 4.79 Å². The first-order chi connectivity index (χ1) is 11.9. The van der Waals surface area contributed by atoms with Gasteiger partial charge in [0.25, 0.3) is 5.91 Å². The number of halogens is 2. The number of amides is 1. The number of alkyl halides is 2. The SMILES string of the molecule is C[C@H](NC(=O)C(F)(F)[C@]1(O)CCCc2ccccc21)c1ccccc1. The molecule has 2 atom stereocenters. The molecule has 0 bridgehead atoms. The van der Waals surface area contributed by atoms with E-state index in [-0.39, 0.29) is 12.0 Å². The smallest absolute Gasteiger partial charge is 0.356 e. The summed E-state index contributed by atoms with van der Waals surface area (Å²) in [4.78, 5) is 12.3. The second kappa shape index (κ2) is 6.56. The maximum atomic E-state index is 15.0. The van der Waals surface area contributed by atoms with Crippen LogP contribution in [0.3, 0.4) is 0 Å². The fourth-order valence-electron chi connectivity index (χ4n) is 3.44. The second-order valence-corrected chi connectivity index (χ2v) is 6.55. The lowest BCUT2D eigenvalue weighted by atomic mass is 9.75. The van der Waals surface area contributed by atoms with E-state index in [9.17, 15) is 18.7 Å². The molecule has 0 aliphatic heterocycles. The quantitative estimate of drug-likeness (QED) is 0.887. The number of rotatable bonds is 4. The van der Waals surface area contributed by atoms with E-state index in [1.807, 2.05) is 6.07 Å². The van der Waals surface area contributed by atoms with Crippen LogP contribution >= 0.6 is 0 Å². The van der Waals surface area contributed by atoms with E-state index < -0.39 is 23.5 Å². The molecule has 2 aromatic rings. The number of fused-ring (bicyclic) bond motifs is 1. The van der Waals surface area contributed by atoms with Crippen molar-refractivity contribution >= 4 is 5.91 Å². The molecule has 3 rings (SSSR count). The van der Waals surface area contributed by atoms with Crippen LogP contribution in [0, 0.1) is 0 Å². The normalized spacial score (nSPS) is 21.3. The minimum absolute atomic E-state index is 0.147. The van der Waals surface area contributed by atoms with E-state index in [4.69, 9.17) is 0 Å². The van der Waals surface area contributed by atoms with Gasteiger partial charge in [-0.1, -0.05) is 54.6 Å². The Morgan fingerprint density at radius 1 is 1.16 bits per heavy atom. The van der Waals surface area contributed by atoms with Crippen molar-refractivity contribution in [1.29, 1.82) is 0 Å². The van der Waals surface area contributed by atoms with Crippen LogP contribution in [0.4, 0.5) is 8.78 Å². The Bertz CT molecular complexity index is 763. The van der Waals surface area contributed by atoms with Crippen molar-refractivity contribution in [1.82, 2.24) is 5.32 Å². The predicted molar refractivity (Wildman–Crippen MR) is 91.2 cm³/mol. The number of hydrogen-bond donors (Lipinski definition) is 2. The fourth-order valence-corrected chi connectivity index (χ4v) is 3.44. The number of carbonyl (C=O) groups excluding carboxylic acids is 1. The van der Waals surface area contributed by atoms with Gasteiger partial charge in [-0.2, -0.15) is 8.78 Å². The highest BCUT2D eigenvalue weighted by Crippen LogP contribution is 2.46. The number of aliphatic hydroxyl groups is 1. The topological polar surface area (TPSA) is 49.3 Å². The van der Waals surface area contributed by atoms with Gasteiger partial charge in [0.05, 0.1) is 6.04 Å². The molecule has 1 aliphatic carbocycles. The minimum Gasteiger partial charge on any atom is -0.378 e. The lowest BCUT2D eigenvalue weighted by molar-refractivity contribution is -0.201. The summed E-state index contributed by atoms with van der Waals surface area (Å²) >= 11 is 0. The summed E-state index contributed by atoms with van der Waals surface area (Å²) in [6.45, 7) is 1.64. The summed E-state index contributed by atoms with van der Waals surface area (Å²) in [6, 6.07) is 14.9. The van der Waals surface area contributed by atoms with Crippen LogP contribution in [0.25, 0.3) is 0 Å². The van der Waals surface area contributed by atoms with Crippen LogP contribution in [0.1, 0.15) is 42.5 Å². The van der Waals surface area contributed by atoms with Gasteiger partial charge < -0.3 is 10.4 Å². The Labute approximate surface area is 145 Å². The highest BCUT2D eigenvalue weighted by atomic mass is 19.3. The Hall–Kier alpha value is -2.27. The molecule has 0 spiro atoms. The highest BCUT2D eigenvalue weighted by molar-refractivity contribution is 5.85. The molecule has 2 N–H and O–H groups in total. The molecule has 25 heavy (non-hydrogen) atoms. The first-order valence-electron chi connectivity index (χ1n) is 8.41. The van der Waals surface area contributed by atoms with E-state index in [1.165, 1.54) is 6.07 Å². The predicted octanol–water partition coefficient (Wildman–Crippen LogP) is 3.72. The van der Waals surface area contributed by atoms with E-state index in [2.05, 4.69) is 5.32 Å². The largest absolute Gasteiger partial charge is 0.378 e. The summed E-state index contributed by atoms with van der Waals surface area (Å²) in [5.74, 6) is -5.38. The Morgan fingerprint density at radius 3 is 2.52 bits per heavy atom. The van der Waals surface area contributed by atoms with Crippen molar-refractivity contribution in [2.75, 3.05) is 0 Å². The molecule has 5 heteroatoms. The zero-order valence-corrected chi connectivity index (χ0v) is 14.0. The van der Waals surface area contributed by atoms with Crippen molar-refractivity contribution in [2.45, 2.75) is 43.8 Å². The van der Waals surface area contributed by atoms with Gasteiger partial charge in [-0.15, -0.1) is 0 Å². The van der Waals surface area contributed by atoms with Gasteiger partial charge in [0.1, 0.15) is 0 Å². The van der Waals surface area contributed by atoms with Gasteiger partial charge >= 0.3 is 5.92 Å². The lowest BCUT2D eigenvalue weighted by Gasteiger charge is -2.39. The van der Waals surface area contributed by atoms with Crippen molar-refractivity contribution in [3.63, 3.8) is 0 Å². The molecule has 1 aliphatic rings. The molecule has 0 saturated heterocycles. The third-order valence-electron chi connectivity index (χ3n) is 4.90. The molecular formula is C20H21F2NO2. The first-order valence-corrected chi connectivity index (χ1v) is 8.41. The third kappa shape index (κ3) is 3.04. The number of hydrogen-bond acceptors (Lipinski definition) is 2. The minimum atomic E-state index is -3.92. The summed E-state index contributed by atoms with van der Waals surface area (Å²) in [5.41, 5.74) is -0.946. The average molecular weight is 345 g/mol. The van der Waals surface area contributed by atoms with Gasteiger partial charge in [0, 0.05) is 0 Å². The zero-order valence-electron chi connectivity index (χ0n) is 14.0. The van der Waals surface area contributed by atoms with Gasteiger partial charge in [0.15, 0.2) is 5.60 Å². The lowest BCUT2D eigenvalue weighted by Crippen LogP contribution is -2.56. The van der Waals surface area contributed by atoms with Gasteiger partial charge in [-0.25, -0.2) is 0 Å². The van der Waals surface area contributed by atoms with Crippen molar-refractivity contribution in [2.24, 2.45) is 0 Å². The second-order valence-electron chi connectivity index (χ2n) is 6.55. The standard InChI is InChI=1S/C20H21F2NO2/c1-14(15-8-3-2-4-9-15)23-18(24)20(21,22)19(25)13-7-11-16-10-5-6-12-17(16)19/h2-6,8-10,12,14,25H,7,11,13H2,1H3,(H,23,24)/t14-,19-/m0/s1. The Morgan fingerprint density at radius 2 is 1.80 bits per heavy atom. The molecule has 132 valence electrons. The summed E-state index contributed by atoms with van der Waals surface area (Å²) in [7, 11) is 0. The van der Waals surface area contributed by atoms with Gasteiger partial charge in [0.2, 0.25) is 0 Å². The molecule has 0 aromatic heterocycles. The molecule has 0 fully saturated rings. The van der Waals surface area contributed by atoms with E-state index in [0.29, 0.717) is 18.4 Å². The average Bonchev–Trinajstić information content (AvgIpc) is 2.62. The summed E-state index contributed by atoms with van der Waals surface area (Å²) < 4.78 is 30.0. The van der Waals surface area contributed by atoms with Crippen LogP contribution in [-0.2, 0) is 16.8 Å². The highest BCUT2D eigenvalue weighted by Gasteiger charge is 2.60. The number of aryl methyl sites for hydroxylation is 1. The first kappa shape index (κ1) is 17.5. The monoisotopic (exact) mass is 345 g/mol. The molecule has 0 radical (unpaired) electrons. The van der Waals surface area contributed by atoms with Crippen LogP contribution in [0.15, 0.2) is 54.6 Å². The summed E-state index contributed by atoms with van der Waals surface area (Å²) in [5, 5.41) is 13.1.